The van der Waals surface area contributed by atoms with Crippen LogP contribution in [0.15, 0.2) is 54.7 Å². The first-order valence-electron chi connectivity index (χ1n) is 9.34. The Labute approximate surface area is 175 Å². The molecule has 2 aromatic carbocycles. The van der Waals surface area contributed by atoms with E-state index in [0.717, 1.165) is 5.56 Å². The predicted molar refractivity (Wildman–Crippen MR) is 117 cm³/mol. The average Bonchev–Trinajstić information content (AvgIpc) is 3.09. The second kappa shape index (κ2) is 8.60. The number of anilines is 2. The maximum atomic E-state index is 12.7. The molecule has 30 heavy (non-hydrogen) atoms. The van der Waals surface area contributed by atoms with Crippen molar-refractivity contribution in [1.29, 1.82) is 5.41 Å². The highest BCUT2D eigenvalue weighted by atomic mass is 16.2. The minimum absolute atomic E-state index is 0.262. The monoisotopic (exact) mass is 404 g/mol. The number of nitrogens with zero attached hydrogens (tertiary/aromatic N) is 3. The van der Waals surface area contributed by atoms with Crippen LogP contribution < -0.4 is 10.6 Å². The fraction of sp³-hybridized carbons (Fsp3) is 0.182. The van der Waals surface area contributed by atoms with Gasteiger partial charge in [-0.2, -0.15) is 5.10 Å². The summed E-state index contributed by atoms with van der Waals surface area (Å²) in [4.78, 5) is 27.1. The van der Waals surface area contributed by atoms with Gasteiger partial charge in [-0.05, 0) is 31.2 Å². The lowest BCUT2D eigenvalue weighted by Gasteiger charge is -2.14. The lowest BCUT2D eigenvalue weighted by molar-refractivity contribution is 0.102. The Morgan fingerprint density at radius 2 is 1.53 bits per heavy atom. The first kappa shape index (κ1) is 20.8. The van der Waals surface area contributed by atoms with E-state index in [4.69, 9.17) is 5.41 Å². The van der Waals surface area contributed by atoms with Crippen molar-refractivity contribution in [2.24, 2.45) is 7.05 Å². The molecule has 0 aliphatic carbocycles. The van der Waals surface area contributed by atoms with E-state index in [1.165, 1.54) is 10.9 Å². The molecule has 0 radical (unpaired) electrons. The standard InChI is InChI=1S/C22H24N6O2/c1-14-5-11-17(12-6-14)25-22(30)18-13-24-28(4)20(18)26-21(29)16-9-7-15(8-10-16)19(23)27(2)3/h5-13,23H,1-4H3,(H,25,30)(H,26,29). The minimum atomic E-state index is -0.370. The molecule has 3 aromatic rings. The number of carbonyl (C=O) groups is 2. The molecule has 0 fully saturated rings. The molecular formula is C22H24N6O2. The summed E-state index contributed by atoms with van der Waals surface area (Å²) in [5.41, 5.74) is 3.13. The number of aromatic nitrogens is 2. The molecule has 3 N–H and O–H groups in total. The molecule has 1 aromatic heterocycles. The van der Waals surface area contributed by atoms with Crippen molar-refractivity contribution < 1.29 is 9.59 Å². The maximum Gasteiger partial charge on any atom is 0.261 e. The molecular weight excluding hydrogens is 380 g/mol. The van der Waals surface area contributed by atoms with Gasteiger partial charge < -0.3 is 15.5 Å². The molecule has 0 aliphatic rings. The van der Waals surface area contributed by atoms with E-state index in [0.29, 0.717) is 28.5 Å². The smallest absolute Gasteiger partial charge is 0.261 e. The van der Waals surface area contributed by atoms with Gasteiger partial charge in [0, 0.05) is 38.0 Å². The number of carbonyl (C=O) groups excluding carboxylic acids is 2. The van der Waals surface area contributed by atoms with Gasteiger partial charge in [-0.1, -0.05) is 29.8 Å². The fourth-order valence-electron chi connectivity index (χ4n) is 2.80. The number of hydrogen-bond acceptors (Lipinski definition) is 4. The van der Waals surface area contributed by atoms with Crippen LogP contribution in [0.25, 0.3) is 0 Å². The van der Waals surface area contributed by atoms with Gasteiger partial charge in [0.05, 0.1) is 6.20 Å². The molecule has 0 atom stereocenters. The van der Waals surface area contributed by atoms with E-state index in [-0.39, 0.29) is 17.4 Å². The van der Waals surface area contributed by atoms with Gasteiger partial charge in [0.15, 0.2) is 0 Å². The van der Waals surface area contributed by atoms with Crippen molar-refractivity contribution in [2.45, 2.75) is 6.92 Å². The lowest BCUT2D eigenvalue weighted by Crippen LogP contribution is -2.22. The molecule has 1 heterocycles. The maximum absolute atomic E-state index is 12.7. The molecule has 8 heteroatoms. The van der Waals surface area contributed by atoms with E-state index < -0.39 is 0 Å². The number of aryl methyl sites for hydroxylation is 2. The van der Waals surface area contributed by atoms with Crippen LogP contribution in [0.3, 0.4) is 0 Å². The highest BCUT2D eigenvalue weighted by molar-refractivity contribution is 6.12. The highest BCUT2D eigenvalue weighted by Crippen LogP contribution is 2.18. The van der Waals surface area contributed by atoms with Gasteiger partial charge in [-0.3, -0.25) is 19.7 Å². The number of amides is 2. The van der Waals surface area contributed by atoms with E-state index in [9.17, 15) is 9.59 Å². The van der Waals surface area contributed by atoms with Gasteiger partial charge in [-0.15, -0.1) is 0 Å². The molecule has 0 saturated heterocycles. The molecule has 0 saturated carbocycles. The quantitative estimate of drug-likeness (QED) is 0.449. The predicted octanol–water partition coefficient (Wildman–Crippen LogP) is 3.12. The molecule has 3 rings (SSSR count). The number of hydrogen-bond donors (Lipinski definition) is 3. The Morgan fingerprint density at radius 3 is 2.13 bits per heavy atom. The lowest BCUT2D eigenvalue weighted by atomic mass is 10.1. The third-order valence-corrected chi connectivity index (χ3v) is 4.59. The van der Waals surface area contributed by atoms with Crippen LogP contribution >= 0.6 is 0 Å². The summed E-state index contributed by atoms with van der Waals surface area (Å²) in [5.74, 6) is -0.0821. The fourth-order valence-corrected chi connectivity index (χ4v) is 2.80. The van der Waals surface area contributed by atoms with Gasteiger partial charge in [-0.25, -0.2) is 0 Å². The Kier molecular flexibility index (Phi) is 5.96. The Balaban J connectivity index is 1.76. The van der Waals surface area contributed by atoms with Crippen molar-refractivity contribution in [3.63, 3.8) is 0 Å². The zero-order valence-electron chi connectivity index (χ0n) is 17.4. The van der Waals surface area contributed by atoms with Gasteiger partial charge in [0.2, 0.25) is 0 Å². The van der Waals surface area contributed by atoms with E-state index in [1.54, 1.807) is 50.3 Å². The van der Waals surface area contributed by atoms with Crippen LogP contribution in [0.4, 0.5) is 11.5 Å². The SMILES string of the molecule is Cc1ccc(NC(=O)c2cnn(C)c2NC(=O)c2ccc(C(=N)N(C)C)cc2)cc1. The van der Waals surface area contributed by atoms with Crippen molar-refractivity contribution in [3.8, 4) is 0 Å². The van der Waals surface area contributed by atoms with Crippen LogP contribution in [-0.4, -0.2) is 46.4 Å². The Hall–Kier alpha value is -3.94. The van der Waals surface area contributed by atoms with Crippen molar-refractivity contribution in [1.82, 2.24) is 14.7 Å². The third-order valence-electron chi connectivity index (χ3n) is 4.59. The zero-order chi connectivity index (χ0) is 21.8. The summed E-state index contributed by atoms with van der Waals surface area (Å²) in [7, 11) is 5.23. The Bertz CT molecular complexity index is 1080. The normalized spacial score (nSPS) is 10.4. The molecule has 0 spiro atoms. The second-order valence-electron chi connectivity index (χ2n) is 7.13. The van der Waals surface area contributed by atoms with E-state index in [1.807, 2.05) is 31.2 Å². The highest BCUT2D eigenvalue weighted by Gasteiger charge is 2.19. The summed E-state index contributed by atoms with van der Waals surface area (Å²) in [6.45, 7) is 1.97. The van der Waals surface area contributed by atoms with Crippen molar-refractivity contribution in [2.75, 3.05) is 24.7 Å². The number of nitrogens with one attached hydrogen (secondary N) is 3. The zero-order valence-corrected chi connectivity index (χ0v) is 17.4. The Morgan fingerprint density at radius 1 is 0.933 bits per heavy atom. The van der Waals surface area contributed by atoms with Crippen LogP contribution in [0.5, 0.6) is 0 Å². The van der Waals surface area contributed by atoms with Crippen molar-refractivity contribution >= 4 is 29.2 Å². The van der Waals surface area contributed by atoms with E-state index >= 15 is 0 Å². The molecule has 0 unspecified atom stereocenters. The topological polar surface area (TPSA) is 103 Å². The molecule has 154 valence electrons. The first-order valence-corrected chi connectivity index (χ1v) is 9.34. The summed E-state index contributed by atoms with van der Waals surface area (Å²) in [6, 6.07) is 14.2. The molecule has 0 bridgehead atoms. The van der Waals surface area contributed by atoms with Gasteiger partial charge >= 0.3 is 0 Å². The molecule has 8 nitrogen and oxygen atoms in total. The second-order valence-corrected chi connectivity index (χ2v) is 7.13. The molecule has 2 amide bonds. The summed E-state index contributed by atoms with van der Waals surface area (Å²) in [5, 5.41) is 17.7. The van der Waals surface area contributed by atoms with Crippen LogP contribution in [0.2, 0.25) is 0 Å². The van der Waals surface area contributed by atoms with Gasteiger partial charge in [0.25, 0.3) is 11.8 Å². The van der Waals surface area contributed by atoms with Crippen LogP contribution in [-0.2, 0) is 7.05 Å². The van der Waals surface area contributed by atoms with Crippen LogP contribution in [0, 0.1) is 12.3 Å². The largest absolute Gasteiger partial charge is 0.363 e. The van der Waals surface area contributed by atoms with E-state index in [2.05, 4.69) is 15.7 Å². The first-order chi connectivity index (χ1) is 14.3. The number of rotatable bonds is 5. The average molecular weight is 404 g/mol. The molecule has 0 aliphatic heterocycles. The summed E-state index contributed by atoms with van der Waals surface area (Å²) < 4.78 is 1.44. The number of benzene rings is 2. The van der Waals surface area contributed by atoms with Crippen molar-refractivity contribution in [3.05, 3.63) is 77.0 Å². The third kappa shape index (κ3) is 4.54. The van der Waals surface area contributed by atoms with Gasteiger partial charge in [0.1, 0.15) is 17.2 Å². The van der Waals surface area contributed by atoms with Crippen LogP contribution in [0.1, 0.15) is 31.8 Å². The summed E-state index contributed by atoms with van der Waals surface area (Å²) in [6.07, 6.45) is 1.42. The summed E-state index contributed by atoms with van der Waals surface area (Å²) >= 11 is 0. The number of amidine groups is 1. The minimum Gasteiger partial charge on any atom is -0.363 e.